The van der Waals surface area contributed by atoms with Crippen LogP contribution in [0.2, 0.25) is 0 Å². The number of piperazine rings is 1. The quantitative estimate of drug-likeness (QED) is 0.736. The number of aromatic amines is 1. The Bertz CT molecular complexity index is 839. The lowest BCUT2D eigenvalue weighted by atomic mass is 10.2. The molecule has 3 heterocycles. The number of quaternary nitrogens is 1. The van der Waals surface area contributed by atoms with Crippen LogP contribution in [0.4, 0.5) is 5.95 Å². The molecule has 0 radical (unpaired) electrons. The Kier molecular flexibility index (Phi) is 4.49. The van der Waals surface area contributed by atoms with Gasteiger partial charge in [0.1, 0.15) is 0 Å². The average Bonchev–Trinajstić information content (AvgIpc) is 2.92. The van der Waals surface area contributed by atoms with E-state index in [2.05, 4.69) is 35.6 Å². The van der Waals surface area contributed by atoms with Gasteiger partial charge < -0.3 is 14.4 Å². The molecule has 0 amide bonds. The Morgan fingerprint density at radius 2 is 1.92 bits per heavy atom. The van der Waals surface area contributed by atoms with Crippen molar-refractivity contribution >= 4 is 17.1 Å². The van der Waals surface area contributed by atoms with E-state index in [0.29, 0.717) is 23.6 Å². The highest BCUT2D eigenvalue weighted by Gasteiger charge is 2.26. The van der Waals surface area contributed by atoms with E-state index in [1.54, 1.807) is 11.9 Å². The molecule has 2 aromatic rings. The Hall–Kier alpha value is -2.09. The van der Waals surface area contributed by atoms with Crippen molar-refractivity contribution in [2.45, 2.75) is 27.3 Å². The van der Waals surface area contributed by atoms with E-state index in [4.69, 9.17) is 0 Å². The summed E-state index contributed by atoms with van der Waals surface area (Å²) in [6.45, 7) is 12.2. The highest BCUT2D eigenvalue weighted by molar-refractivity contribution is 5.74. The van der Waals surface area contributed by atoms with Gasteiger partial charge in [-0.25, -0.2) is 4.79 Å². The van der Waals surface area contributed by atoms with Crippen LogP contribution in [-0.4, -0.2) is 51.8 Å². The molecule has 8 heteroatoms. The highest BCUT2D eigenvalue weighted by Crippen LogP contribution is 2.21. The molecule has 1 aliphatic rings. The molecule has 0 atom stereocenters. The summed E-state index contributed by atoms with van der Waals surface area (Å²) in [6, 6.07) is 0. The Morgan fingerprint density at radius 1 is 1.25 bits per heavy atom. The van der Waals surface area contributed by atoms with Crippen molar-refractivity contribution in [1.29, 1.82) is 0 Å². The summed E-state index contributed by atoms with van der Waals surface area (Å²) in [5.74, 6) is 1.18. The van der Waals surface area contributed by atoms with Crippen LogP contribution in [0.5, 0.6) is 0 Å². The zero-order valence-corrected chi connectivity index (χ0v) is 14.9. The summed E-state index contributed by atoms with van der Waals surface area (Å²) in [6.07, 6.45) is 0. The third-order valence-electron chi connectivity index (χ3n) is 4.79. The molecule has 0 unspecified atom stereocenters. The number of hydrogen-bond donors (Lipinski definition) is 2. The van der Waals surface area contributed by atoms with Crippen molar-refractivity contribution in [3.05, 3.63) is 20.8 Å². The minimum Gasteiger partial charge on any atom is -0.332 e. The second-order valence-corrected chi connectivity index (χ2v) is 7.00. The summed E-state index contributed by atoms with van der Waals surface area (Å²) in [5, 5.41) is 0. The van der Waals surface area contributed by atoms with Gasteiger partial charge in [0.15, 0.2) is 11.2 Å². The smallest absolute Gasteiger partial charge is 0.329 e. The first-order valence-electron chi connectivity index (χ1n) is 8.70. The van der Waals surface area contributed by atoms with E-state index < -0.39 is 5.69 Å². The monoisotopic (exact) mass is 335 g/mol. The minimum absolute atomic E-state index is 0.356. The number of rotatable bonds is 4. The number of aryl methyl sites for hydroxylation is 1. The second-order valence-electron chi connectivity index (χ2n) is 7.00. The van der Waals surface area contributed by atoms with Crippen molar-refractivity contribution in [1.82, 2.24) is 19.1 Å². The maximum atomic E-state index is 12.4. The molecule has 1 aliphatic heterocycles. The van der Waals surface area contributed by atoms with E-state index in [0.717, 1.165) is 38.7 Å². The van der Waals surface area contributed by atoms with Crippen molar-refractivity contribution in [2.75, 3.05) is 37.6 Å². The lowest BCUT2D eigenvalue weighted by Gasteiger charge is -2.32. The number of likely N-dealkylation sites (N-methyl/N-ethyl adjacent to an activating group) is 1. The molecule has 8 nitrogen and oxygen atoms in total. The summed E-state index contributed by atoms with van der Waals surface area (Å²) in [4.78, 5) is 35.2. The molecule has 1 saturated heterocycles. The number of anilines is 1. The molecule has 1 fully saturated rings. The van der Waals surface area contributed by atoms with Crippen LogP contribution in [0, 0.1) is 5.92 Å². The van der Waals surface area contributed by atoms with Crippen LogP contribution >= 0.6 is 0 Å². The van der Waals surface area contributed by atoms with Crippen LogP contribution in [-0.2, 0) is 13.6 Å². The van der Waals surface area contributed by atoms with Crippen molar-refractivity contribution in [2.24, 2.45) is 13.0 Å². The first-order valence-corrected chi connectivity index (χ1v) is 8.70. The fourth-order valence-corrected chi connectivity index (χ4v) is 3.38. The molecule has 0 saturated carbocycles. The first-order chi connectivity index (χ1) is 11.4. The summed E-state index contributed by atoms with van der Waals surface area (Å²) >= 11 is 0. The molecule has 0 spiro atoms. The van der Waals surface area contributed by atoms with Gasteiger partial charge in [0, 0.05) is 13.6 Å². The zero-order valence-electron chi connectivity index (χ0n) is 14.9. The van der Waals surface area contributed by atoms with E-state index in [1.807, 2.05) is 4.57 Å². The van der Waals surface area contributed by atoms with E-state index in [1.165, 1.54) is 4.57 Å². The third kappa shape index (κ3) is 2.86. The molecule has 0 aromatic carbocycles. The van der Waals surface area contributed by atoms with Gasteiger partial charge in [-0.1, -0.05) is 13.8 Å². The van der Waals surface area contributed by atoms with Gasteiger partial charge in [0.05, 0.1) is 32.7 Å². The molecule has 132 valence electrons. The Morgan fingerprint density at radius 3 is 2.50 bits per heavy atom. The number of H-pyrrole nitrogens is 1. The molecule has 3 rings (SSSR count). The van der Waals surface area contributed by atoms with E-state index in [9.17, 15) is 9.59 Å². The average molecular weight is 335 g/mol. The van der Waals surface area contributed by atoms with Gasteiger partial charge in [-0.3, -0.25) is 14.3 Å². The zero-order chi connectivity index (χ0) is 17.4. The van der Waals surface area contributed by atoms with Gasteiger partial charge in [0.25, 0.3) is 5.56 Å². The van der Waals surface area contributed by atoms with Crippen LogP contribution in [0.25, 0.3) is 11.2 Å². The SMILES string of the molecule is CC[NH+]1CCN(c2nc3c(c(=O)[nH]c(=O)n3C)n2CC(C)C)CC1. The topological polar surface area (TPSA) is 80.4 Å². The maximum absolute atomic E-state index is 12.4. The maximum Gasteiger partial charge on any atom is 0.329 e. The number of imidazole rings is 1. The van der Waals surface area contributed by atoms with Crippen LogP contribution < -0.4 is 21.0 Å². The lowest BCUT2D eigenvalue weighted by Crippen LogP contribution is -3.14. The van der Waals surface area contributed by atoms with Gasteiger partial charge in [0.2, 0.25) is 5.95 Å². The van der Waals surface area contributed by atoms with Gasteiger partial charge in [-0.05, 0) is 12.8 Å². The van der Waals surface area contributed by atoms with Gasteiger partial charge in [-0.2, -0.15) is 4.98 Å². The molecule has 0 aliphatic carbocycles. The largest absolute Gasteiger partial charge is 0.332 e. The Labute approximate surface area is 140 Å². The molecular formula is C16H27N6O2+. The summed E-state index contributed by atoms with van der Waals surface area (Å²) in [7, 11) is 1.65. The normalized spacial score (nSPS) is 16.5. The fourth-order valence-electron chi connectivity index (χ4n) is 3.38. The fraction of sp³-hybridized carbons (Fsp3) is 0.688. The predicted octanol–water partition coefficient (Wildman–Crippen LogP) is -1.20. The second kappa shape index (κ2) is 6.43. The number of fused-ring (bicyclic) bond motifs is 1. The number of aromatic nitrogens is 4. The van der Waals surface area contributed by atoms with Crippen molar-refractivity contribution < 1.29 is 4.90 Å². The summed E-state index contributed by atoms with van der Waals surface area (Å²) < 4.78 is 3.40. The number of nitrogens with one attached hydrogen (secondary N) is 2. The minimum atomic E-state index is -0.423. The number of nitrogens with zero attached hydrogens (tertiary/aromatic N) is 4. The van der Waals surface area contributed by atoms with E-state index in [-0.39, 0.29) is 5.56 Å². The molecular weight excluding hydrogens is 308 g/mol. The van der Waals surface area contributed by atoms with Crippen LogP contribution in [0.1, 0.15) is 20.8 Å². The predicted molar refractivity (Wildman–Crippen MR) is 93.9 cm³/mol. The van der Waals surface area contributed by atoms with Crippen LogP contribution in [0.3, 0.4) is 0 Å². The van der Waals surface area contributed by atoms with Gasteiger partial charge in [-0.15, -0.1) is 0 Å². The third-order valence-corrected chi connectivity index (χ3v) is 4.79. The summed E-state index contributed by atoms with van der Waals surface area (Å²) in [5.41, 5.74) is 0.176. The molecule has 0 bridgehead atoms. The van der Waals surface area contributed by atoms with E-state index >= 15 is 0 Å². The standard InChI is InChI=1S/C16H26N6O2/c1-5-20-6-8-21(9-7-20)15-17-13-12(22(15)10-11(2)3)14(23)18-16(24)19(13)4/h11H,5-10H2,1-4H3,(H,18,23,24)/p+1. The van der Waals surface area contributed by atoms with Crippen molar-refractivity contribution in [3.8, 4) is 0 Å². The highest BCUT2D eigenvalue weighted by atomic mass is 16.2. The van der Waals surface area contributed by atoms with Crippen LogP contribution in [0.15, 0.2) is 9.59 Å². The Balaban J connectivity index is 2.13. The number of hydrogen-bond acceptors (Lipinski definition) is 4. The molecule has 2 N–H and O–H groups in total. The first kappa shape index (κ1) is 16.8. The van der Waals surface area contributed by atoms with Crippen molar-refractivity contribution in [3.63, 3.8) is 0 Å². The lowest BCUT2D eigenvalue weighted by molar-refractivity contribution is -0.898. The molecule has 24 heavy (non-hydrogen) atoms. The van der Waals surface area contributed by atoms with Gasteiger partial charge >= 0.3 is 5.69 Å². The molecule has 2 aromatic heterocycles.